The van der Waals surface area contributed by atoms with Crippen LogP contribution in [0.25, 0.3) is 0 Å². The Morgan fingerprint density at radius 2 is 1.38 bits per heavy atom. The SMILES string of the molecule is CCCCCCCC/C=C\CCCCCCCC(=O)O[C@H]1CO[C@](OCC)([C@](CO)(OCC)OOCC)[C@]1(OCC)OOCC. The first-order valence-corrected chi connectivity index (χ1v) is 17.5. The first kappa shape index (κ1) is 41.9. The van der Waals surface area contributed by atoms with E-state index in [9.17, 15) is 9.90 Å². The smallest absolute Gasteiger partial charge is 0.306 e. The zero-order valence-corrected chi connectivity index (χ0v) is 29.1. The highest BCUT2D eigenvalue weighted by Crippen LogP contribution is 2.51. The van der Waals surface area contributed by atoms with Gasteiger partial charge >= 0.3 is 11.8 Å². The van der Waals surface area contributed by atoms with Crippen LogP contribution < -0.4 is 0 Å². The number of esters is 1. The predicted octanol–water partition coefficient (Wildman–Crippen LogP) is 7.09. The maximum absolute atomic E-state index is 13.1. The van der Waals surface area contributed by atoms with E-state index in [4.69, 9.17) is 43.2 Å². The molecule has 11 heteroatoms. The number of aliphatic hydroxyl groups excluding tert-OH is 1. The normalized spacial score (nSPS) is 23.1. The summed E-state index contributed by atoms with van der Waals surface area (Å²) < 4.78 is 30.2. The van der Waals surface area contributed by atoms with E-state index in [-0.39, 0.29) is 46.1 Å². The maximum atomic E-state index is 13.1. The van der Waals surface area contributed by atoms with E-state index in [0.29, 0.717) is 6.42 Å². The summed E-state index contributed by atoms with van der Waals surface area (Å²) in [5, 5.41) is 10.6. The van der Waals surface area contributed by atoms with Crippen LogP contribution in [0.5, 0.6) is 0 Å². The molecular formula is C34H64O11. The minimum absolute atomic E-state index is 0.0736. The zero-order valence-electron chi connectivity index (χ0n) is 29.1. The summed E-state index contributed by atoms with van der Waals surface area (Å²) in [6.07, 6.45) is 18.9. The molecule has 0 radical (unpaired) electrons. The summed E-state index contributed by atoms with van der Waals surface area (Å²) in [6.45, 7) is 10.4. The molecule has 1 aliphatic heterocycles. The van der Waals surface area contributed by atoms with E-state index in [1.165, 1.54) is 44.9 Å². The lowest BCUT2D eigenvalue weighted by Gasteiger charge is -2.50. The third kappa shape index (κ3) is 12.8. The number of carbonyl (C=O) groups excluding carboxylic acids is 1. The Hall–Kier alpha value is -1.15. The summed E-state index contributed by atoms with van der Waals surface area (Å²) in [5.41, 5.74) is 0. The zero-order chi connectivity index (χ0) is 33.3. The molecule has 4 atom stereocenters. The van der Waals surface area contributed by atoms with Gasteiger partial charge in [0.15, 0.2) is 6.10 Å². The molecule has 1 heterocycles. The third-order valence-corrected chi connectivity index (χ3v) is 7.64. The quantitative estimate of drug-likeness (QED) is 0.0215. The van der Waals surface area contributed by atoms with E-state index in [2.05, 4.69) is 19.1 Å². The first-order valence-electron chi connectivity index (χ1n) is 17.5. The van der Waals surface area contributed by atoms with E-state index < -0.39 is 36.0 Å². The second-order valence-electron chi connectivity index (χ2n) is 11.1. The van der Waals surface area contributed by atoms with Crippen molar-refractivity contribution >= 4 is 5.97 Å². The summed E-state index contributed by atoms with van der Waals surface area (Å²) >= 11 is 0. The van der Waals surface area contributed by atoms with Gasteiger partial charge in [-0.2, -0.15) is 9.78 Å². The molecule has 0 aromatic carbocycles. The first-order chi connectivity index (χ1) is 21.9. The molecule has 1 N–H and O–H groups in total. The van der Waals surface area contributed by atoms with Gasteiger partial charge in [0.2, 0.25) is 0 Å². The Morgan fingerprint density at radius 3 is 1.93 bits per heavy atom. The van der Waals surface area contributed by atoms with Crippen LogP contribution in [0.15, 0.2) is 12.2 Å². The lowest BCUT2D eigenvalue weighted by Crippen LogP contribution is -2.74. The topological polar surface area (TPSA) is 120 Å². The lowest BCUT2D eigenvalue weighted by molar-refractivity contribution is -0.568. The van der Waals surface area contributed by atoms with Crippen molar-refractivity contribution in [3.8, 4) is 0 Å². The van der Waals surface area contributed by atoms with Gasteiger partial charge in [0, 0.05) is 26.2 Å². The van der Waals surface area contributed by atoms with E-state index >= 15 is 0 Å². The number of ether oxygens (including phenoxy) is 5. The van der Waals surface area contributed by atoms with Crippen molar-refractivity contribution in [3.05, 3.63) is 12.2 Å². The Balaban J connectivity index is 2.77. The molecule has 0 bridgehead atoms. The Labute approximate surface area is 272 Å². The number of unbranched alkanes of at least 4 members (excludes halogenated alkanes) is 11. The van der Waals surface area contributed by atoms with Crippen molar-refractivity contribution in [3.63, 3.8) is 0 Å². The van der Waals surface area contributed by atoms with Crippen LogP contribution in [0.3, 0.4) is 0 Å². The molecule has 0 aliphatic carbocycles. The second-order valence-corrected chi connectivity index (χ2v) is 11.1. The summed E-state index contributed by atoms with van der Waals surface area (Å²) in [5.74, 6) is -6.64. The monoisotopic (exact) mass is 648 g/mol. The fourth-order valence-electron chi connectivity index (χ4n) is 5.53. The summed E-state index contributed by atoms with van der Waals surface area (Å²) in [6, 6.07) is 0. The average Bonchev–Trinajstić information content (AvgIpc) is 3.33. The van der Waals surface area contributed by atoms with Gasteiger partial charge in [0.1, 0.15) is 6.61 Å². The van der Waals surface area contributed by atoms with E-state index in [0.717, 1.165) is 32.1 Å². The molecule has 1 rings (SSSR count). The van der Waals surface area contributed by atoms with E-state index in [1.54, 1.807) is 34.6 Å². The number of allylic oxidation sites excluding steroid dienone is 2. The summed E-state index contributed by atoms with van der Waals surface area (Å²) in [4.78, 5) is 35.2. The fraction of sp³-hybridized carbons (Fsp3) is 0.912. The van der Waals surface area contributed by atoms with Crippen LogP contribution in [0, 0.1) is 0 Å². The van der Waals surface area contributed by atoms with Crippen molar-refractivity contribution in [2.24, 2.45) is 0 Å². The number of aliphatic hydroxyl groups is 1. The van der Waals surface area contributed by atoms with Crippen LogP contribution >= 0.6 is 0 Å². The molecule has 0 aromatic rings. The van der Waals surface area contributed by atoms with Crippen molar-refractivity contribution in [2.75, 3.05) is 46.2 Å². The van der Waals surface area contributed by atoms with Crippen LogP contribution in [-0.2, 0) is 48.0 Å². The molecule has 0 spiro atoms. The minimum atomic E-state index is -2.10. The van der Waals surface area contributed by atoms with Crippen molar-refractivity contribution in [2.45, 2.75) is 155 Å². The van der Waals surface area contributed by atoms with Gasteiger partial charge in [-0.05, 0) is 66.7 Å². The molecule has 1 saturated heterocycles. The molecule has 0 unspecified atom stereocenters. The van der Waals surface area contributed by atoms with Crippen molar-refractivity contribution < 1.29 is 53.1 Å². The molecule has 0 saturated carbocycles. The number of carbonyl (C=O) groups is 1. The fourth-order valence-corrected chi connectivity index (χ4v) is 5.53. The Bertz CT molecular complexity index is 766. The van der Waals surface area contributed by atoms with Gasteiger partial charge in [0.25, 0.3) is 11.6 Å². The highest BCUT2D eigenvalue weighted by Gasteiger charge is 2.79. The molecule has 11 nitrogen and oxygen atoms in total. The predicted molar refractivity (Wildman–Crippen MR) is 171 cm³/mol. The van der Waals surface area contributed by atoms with Gasteiger partial charge in [0.05, 0.1) is 19.8 Å². The highest BCUT2D eigenvalue weighted by molar-refractivity contribution is 5.69. The van der Waals surface area contributed by atoms with Gasteiger partial charge in [-0.25, -0.2) is 9.78 Å². The van der Waals surface area contributed by atoms with Gasteiger partial charge in [-0.15, -0.1) is 0 Å². The Morgan fingerprint density at radius 1 is 0.778 bits per heavy atom. The molecule has 0 aromatic heterocycles. The number of rotatable bonds is 30. The molecule has 266 valence electrons. The van der Waals surface area contributed by atoms with Crippen LogP contribution in [0.4, 0.5) is 0 Å². The largest absolute Gasteiger partial charge is 0.454 e. The molecular weight excluding hydrogens is 584 g/mol. The second kappa shape index (κ2) is 24.9. The Kier molecular flexibility index (Phi) is 23.2. The molecule has 0 amide bonds. The van der Waals surface area contributed by atoms with Crippen molar-refractivity contribution in [1.29, 1.82) is 0 Å². The molecule has 45 heavy (non-hydrogen) atoms. The van der Waals surface area contributed by atoms with E-state index in [1.807, 2.05) is 0 Å². The molecule has 1 fully saturated rings. The van der Waals surface area contributed by atoms with Gasteiger partial charge in [-0.3, -0.25) is 4.79 Å². The average molecular weight is 649 g/mol. The third-order valence-electron chi connectivity index (χ3n) is 7.64. The standard InChI is InChI=1S/C34H64O11/c1-7-13-14-15-16-17-18-19-20-21-22-23-24-25-26-27-31(36)43-30-28-40-34(39-10-4,33(30,38-9-3)45-42-12-6)32(29-35,37-8-2)44-41-11-5/h19-20,30,35H,7-18,21-29H2,1-6H3/b20-19-/t30-,32+,33+,34+/m0/s1. The van der Waals surface area contributed by atoms with Gasteiger partial charge in [-0.1, -0.05) is 70.4 Å². The molecule has 1 aliphatic rings. The maximum Gasteiger partial charge on any atom is 0.306 e. The van der Waals surface area contributed by atoms with Crippen LogP contribution in [-0.4, -0.2) is 80.8 Å². The highest BCUT2D eigenvalue weighted by atomic mass is 17.3. The minimum Gasteiger partial charge on any atom is -0.454 e. The number of hydrogen-bond donors (Lipinski definition) is 1. The number of hydrogen-bond acceptors (Lipinski definition) is 11. The van der Waals surface area contributed by atoms with Crippen LogP contribution in [0.1, 0.15) is 131 Å². The van der Waals surface area contributed by atoms with Crippen LogP contribution in [0.2, 0.25) is 0 Å². The van der Waals surface area contributed by atoms with Gasteiger partial charge < -0.3 is 28.8 Å². The van der Waals surface area contributed by atoms with Crippen molar-refractivity contribution in [1.82, 2.24) is 0 Å². The summed E-state index contributed by atoms with van der Waals surface area (Å²) in [7, 11) is 0. The lowest BCUT2D eigenvalue weighted by atomic mass is 9.93.